The monoisotopic (exact) mass is 756 g/mol. The number of aliphatic hydroxyl groups is 2. The van der Waals surface area contributed by atoms with E-state index in [-0.39, 0.29) is 27.9 Å². The van der Waals surface area contributed by atoms with Gasteiger partial charge in [-0.05, 0) is 30.3 Å². The second kappa shape index (κ2) is 12.0. The van der Waals surface area contributed by atoms with Gasteiger partial charge in [0.15, 0.2) is 29.6 Å². The van der Waals surface area contributed by atoms with Crippen LogP contribution < -0.4 is 10.6 Å². The fraction of sp³-hybridized carbons (Fsp3) is 0.524. The number of hydrogen-bond acceptors (Lipinski definition) is 18. The zero-order valence-electron chi connectivity index (χ0n) is 23.0. The predicted molar refractivity (Wildman–Crippen MR) is 166 cm³/mol. The first-order valence-electron chi connectivity index (χ1n) is 13.2. The first-order valence-corrected chi connectivity index (χ1v) is 19.7. The lowest BCUT2D eigenvalue weighted by Crippen LogP contribution is -2.36. The number of fused-ring (bicyclic) bond motifs is 5. The number of anilines is 1. The molecule has 2 unspecified atom stereocenters. The van der Waals surface area contributed by atoms with Crippen LogP contribution in [0.3, 0.4) is 0 Å². The normalized spacial score (nSPS) is 37.2. The SMILES string of the molecule is Cc1nc(Cl)nc2c1sc(=O)n2[C@@H]1O[C@@H]2COP(O)(=S)O[C@@H]3[C@H](O)[C@@H](COP(=O)(S)O[C@H]2[C@H]1O)O[C@H]3n1cnc2c(N)ncnc21. The zero-order chi connectivity index (χ0) is 32.7. The van der Waals surface area contributed by atoms with E-state index in [2.05, 4.69) is 37.2 Å². The average Bonchev–Trinajstić information content (AvgIpc) is 3.71. The summed E-state index contributed by atoms with van der Waals surface area (Å²) in [6.45, 7) is -8.11. The number of thiazole rings is 1. The summed E-state index contributed by atoms with van der Waals surface area (Å²) in [7, 11) is 0. The van der Waals surface area contributed by atoms with E-state index < -0.39 is 80.7 Å². The Kier molecular flexibility index (Phi) is 8.56. The molecule has 3 aliphatic heterocycles. The molecule has 0 aromatic carbocycles. The van der Waals surface area contributed by atoms with Crippen molar-refractivity contribution < 1.29 is 47.2 Å². The molecule has 3 aliphatic rings. The Morgan fingerprint density at radius 2 is 1.80 bits per heavy atom. The summed E-state index contributed by atoms with van der Waals surface area (Å²) < 4.78 is 50.8. The van der Waals surface area contributed by atoms with Crippen LogP contribution in [-0.4, -0.2) is 99.0 Å². The summed E-state index contributed by atoms with van der Waals surface area (Å²) in [6.07, 6.45) is -8.75. The van der Waals surface area contributed by atoms with Crippen LogP contribution in [-0.2, 0) is 43.9 Å². The number of rotatable bonds is 2. The Labute approximate surface area is 276 Å². The minimum atomic E-state index is -4.36. The van der Waals surface area contributed by atoms with Crippen LogP contribution in [0.25, 0.3) is 21.5 Å². The minimum Gasteiger partial charge on any atom is -0.387 e. The first-order chi connectivity index (χ1) is 21.7. The van der Waals surface area contributed by atoms with Crippen LogP contribution in [0.15, 0.2) is 17.4 Å². The third-order valence-corrected chi connectivity index (χ3v) is 11.9. The van der Waals surface area contributed by atoms with E-state index in [9.17, 15) is 24.5 Å². The van der Waals surface area contributed by atoms with Crippen LogP contribution in [0.4, 0.5) is 5.82 Å². The van der Waals surface area contributed by atoms with Crippen LogP contribution in [0.2, 0.25) is 5.28 Å². The largest absolute Gasteiger partial charge is 0.387 e. The van der Waals surface area contributed by atoms with Crippen molar-refractivity contribution in [1.82, 2.24) is 34.1 Å². The highest BCUT2D eigenvalue weighted by atomic mass is 35.5. The maximum atomic E-state index is 13.5. The van der Waals surface area contributed by atoms with Gasteiger partial charge in [0.25, 0.3) is 0 Å². The quantitative estimate of drug-likeness (QED) is 0.108. The Morgan fingerprint density at radius 1 is 1.07 bits per heavy atom. The third-order valence-electron chi connectivity index (χ3n) is 7.46. The molecule has 0 amide bonds. The molecule has 3 saturated heterocycles. The summed E-state index contributed by atoms with van der Waals surface area (Å²) >= 11 is 16.2. The van der Waals surface area contributed by atoms with Gasteiger partial charge in [0, 0.05) is 0 Å². The number of imidazole rings is 1. The molecule has 10 atom stereocenters. The Morgan fingerprint density at radius 3 is 2.59 bits per heavy atom. The summed E-state index contributed by atoms with van der Waals surface area (Å²) in [6, 6.07) is 0. The molecule has 248 valence electrons. The van der Waals surface area contributed by atoms with Gasteiger partial charge < -0.3 is 34.8 Å². The molecule has 3 fully saturated rings. The van der Waals surface area contributed by atoms with Crippen molar-refractivity contribution in [1.29, 1.82) is 0 Å². The van der Waals surface area contributed by atoms with E-state index in [0.29, 0.717) is 10.4 Å². The number of nitrogen functional groups attached to an aromatic ring is 1. The fourth-order valence-electron chi connectivity index (χ4n) is 5.39. The van der Waals surface area contributed by atoms with E-state index >= 15 is 0 Å². The maximum absolute atomic E-state index is 13.5. The van der Waals surface area contributed by atoms with E-state index in [1.54, 1.807) is 6.92 Å². The van der Waals surface area contributed by atoms with Crippen molar-refractivity contribution in [2.75, 3.05) is 18.9 Å². The summed E-state index contributed by atoms with van der Waals surface area (Å²) in [4.78, 5) is 44.1. The van der Waals surface area contributed by atoms with Crippen LogP contribution in [0.1, 0.15) is 18.1 Å². The highest BCUT2D eigenvalue weighted by Gasteiger charge is 2.53. The number of hydrogen-bond donors (Lipinski definition) is 5. The molecule has 4 aromatic rings. The Hall–Kier alpha value is -1.72. The predicted octanol–water partition coefficient (Wildman–Crippen LogP) is 0.825. The number of aromatic nitrogens is 7. The molecule has 7 rings (SSSR count). The molecule has 2 bridgehead atoms. The minimum absolute atomic E-state index is 0.0833. The highest BCUT2D eigenvalue weighted by molar-refractivity contribution is 8.44. The van der Waals surface area contributed by atoms with Gasteiger partial charge in [-0.2, -0.15) is 4.98 Å². The molecule has 0 radical (unpaired) electrons. The second-order valence-corrected chi connectivity index (χ2v) is 17.3. The summed E-state index contributed by atoms with van der Waals surface area (Å²) in [5.41, 5.74) is 6.87. The van der Waals surface area contributed by atoms with Gasteiger partial charge in [-0.15, -0.1) is 0 Å². The highest BCUT2D eigenvalue weighted by Crippen LogP contribution is 2.58. The van der Waals surface area contributed by atoms with E-state index in [4.69, 9.17) is 56.7 Å². The lowest BCUT2D eigenvalue weighted by atomic mass is 10.1. The van der Waals surface area contributed by atoms with Crippen LogP contribution in [0, 0.1) is 6.92 Å². The summed E-state index contributed by atoms with van der Waals surface area (Å²) in [5, 5.41) is 22.4. The van der Waals surface area contributed by atoms with Crippen molar-refractivity contribution in [3.63, 3.8) is 0 Å². The second-order valence-electron chi connectivity index (χ2n) is 10.3. The van der Waals surface area contributed by atoms with Crippen molar-refractivity contribution in [3.8, 4) is 0 Å². The lowest BCUT2D eigenvalue weighted by molar-refractivity contribution is -0.0597. The smallest absolute Gasteiger partial charge is 0.386 e. The zero-order valence-corrected chi connectivity index (χ0v) is 28.1. The number of aliphatic hydroxyl groups excluding tert-OH is 2. The Bertz CT molecular complexity index is 2000. The molecule has 5 N–H and O–H groups in total. The molecule has 7 heterocycles. The fourth-order valence-corrected chi connectivity index (χ4v) is 9.40. The molecular formula is C21H23ClN8O11P2S3. The van der Waals surface area contributed by atoms with E-state index in [1.807, 2.05) is 0 Å². The molecule has 25 heteroatoms. The van der Waals surface area contributed by atoms with E-state index in [1.165, 1.54) is 17.2 Å². The van der Waals surface area contributed by atoms with Gasteiger partial charge in [0.05, 0.1) is 29.9 Å². The molecule has 19 nitrogen and oxygen atoms in total. The van der Waals surface area contributed by atoms with Crippen molar-refractivity contribution in [2.45, 2.75) is 56.0 Å². The number of thiol groups is 1. The molecular weight excluding hydrogens is 734 g/mol. The van der Waals surface area contributed by atoms with E-state index in [0.717, 1.165) is 15.9 Å². The molecule has 4 aromatic heterocycles. The van der Waals surface area contributed by atoms with Gasteiger partial charge in [-0.25, -0.2) is 24.5 Å². The van der Waals surface area contributed by atoms with Gasteiger partial charge in [-0.3, -0.25) is 27.5 Å². The van der Waals surface area contributed by atoms with Gasteiger partial charge in [0.2, 0.25) is 5.28 Å². The first kappa shape index (κ1) is 32.8. The molecule has 46 heavy (non-hydrogen) atoms. The average molecular weight is 757 g/mol. The molecule has 0 aliphatic carbocycles. The topological polar surface area (TPSA) is 251 Å². The third kappa shape index (κ3) is 5.82. The van der Waals surface area contributed by atoms with Gasteiger partial charge in [-0.1, -0.05) is 23.6 Å². The van der Waals surface area contributed by atoms with Gasteiger partial charge >= 0.3 is 18.4 Å². The Balaban J connectivity index is 1.22. The molecule has 0 spiro atoms. The van der Waals surface area contributed by atoms with Gasteiger partial charge in [0.1, 0.15) is 48.5 Å². The number of nitrogens with zero attached hydrogens (tertiary/aromatic N) is 7. The van der Waals surface area contributed by atoms with Crippen molar-refractivity contribution in [2.24, 2.45) is 0 Å². The number of aryl methyl sites for hydroxylation is 1. The lowest BCUT2D eigenvalue weighted by Gasteiger charge is -2.27. The van der Waals surface area contributed by atoms with Crippen LogP contribution >= 0.6 is 48.7 Å². The number of nitrogens with two attached hydrogens (primary N) is 1. The van der Waals surface area contributed by atoms with Crippen LogP contribution in [0.5, 0.6) is 0 Å². The number of ether oxygens (including phenoxy) is 2. The molecule has 0 saturated carbocycles. The summed E-state index contributed by atoms with van der Waals surface area (Å²) in [5.74, 6) is 0.0839. The number of halogens is 1. The van der Waals surface area contributed by atoms with Crippen molar-refractivity contribution in [3.05, 3.63) is 33.3 Å². The standard InChI is InChI=1S/C21H23ClN8O11P2S3/c1-6-14-17(28-20(22)27-6)30(21(33)46-14)18-11(32)12-8(39-18)3-37-43(35,45)41-13-10(31)7(2-36-42(34,44)40-12)38-19(13)29-5-26-9-15(23)24-4-25-16(9)29/h4-5,7-8,10-13,18-19,31-32H,2-3H2,1H3,(H,34,44)(H,35,45)(H2,23,24,25)/t7-,8-,10-,11-,12-,13-,18-,19-,42?,43?/m1/s1. The maximum Gasteiger partial charge on any atom is 0.386 e. The van der Waals surface area contributed by atoms with Crippen molar-refractivity contribution >= 4 is 87.8 Å².